The molecule has 1 atom stereocenters. The summed E-state index contributed by atoms with van der Waals surface area (Å²) in [6.07, 6.45) is 0.962. The summed E-state index contributed by atoms with van der Waals surface area (Å²) in [4.78, 5) is 9.30. The molecule has 0 amide bonds. The van der Waals surface area contributed by atoms with Crippen LogP contribution in [0, 0.1) is 10.1 Å². The minimum absolute atomic E-state index is 0.410. The Hall–Kier alpha value is -1.72. The molecule has 9 nitrogen and oxygen atoms in total. The average Bonchev–Trinajstić information content (AvgIpc) is 2.24. The van der Waals surface area contributed by atoms with Crippen LogP contribution in [0.4, 0.5) is 5.69 Å². The van der Waals surface area contributed by atoms with Gasteiger partial charge in [-0.1, -0.05) is 0 Å². The van der Waals surface area contributed by atoms with Crippen LogP contribution in [0.25, 0.3) is 0 Å². The summed E-state index contributed by atoms with van der Waals surface area (Å²) < 4.78 is 48.3. The number of sulfone groups is 1. The van der Waals surface area contributed by atoms with E-state index < -0.39 is 52.9 Å². The highest BCUT2D eigenvalue weighted by molar-refractivity contribution is 7.91. The second-order valence-corrected chi connectivity index (χ2v) is 8.42. The minimum Gasteiger partial charge on any atom is -0.502 e. The number of hydrogen-bond donors (Lipinski definition) is 2. The summed E-state index contributed by atoms with van der Waals surface area (Å²) in [5, 5.41) is 19.9. The molecule has 0 aromatic heterocycles. The molecule has 1 aromatic rings. The number of benzene rings is 1. The highest BCUT2D eigenvalue weighted by Crippen LogP contribution is 2.28. The Morgan fingerprint density at radius 2 is 1.90 bits per heavy atom. The van der Waals surface area contributed by atoms with Crippen LogP contribution in [0.3, 0.4) is 0 Å². The largest absolute Gasteiger partial charge is 0.502 e. The first-order chi connectivity index (χ1) is 9.42. The fourth-order valence-corrected chi connectivity index (χ4v) is 4.00. The smallest absolute Gasteiger partial charge is 0.312 e. The van der Waals surface area contributed by atoms with Crippen molar-refractivity contribution in [1.29, 1.82) is 0 Å². The maximum Gasteiger partial charge on any atom is 0.312 e. The molecule has 1 unspecified atom stereocenters. The Labute approximate surface area is 121 Å². The average molecular weight is 338 g/mol. The molecule has 21 heavy (non-hydrogen) atoms. The topological polar surface area (TPSA) is 144 Å². The number of nitrogens with zero attached hydrogens (tertiary/aromatic N) is 1. The first-order valence-electron chi connectivity index (χ1n) is 5.60. The van der Waals surface area contributed by atoms with Gasteiger partial charge in [-0.2, -0.15) is 0 Å². The van der Waals surface area contributed by atoms with E-state index in [-0.39, 0.29) is 0 Å². The van der Waals surface area contributed by atoms with Gasteiger partial charge in [0.1, 0.15) is 9.84 Å². The third-order valence-corrected chi connectivity index (χ3v) is 5.06. The number of rotatable bonds is 6. The van der Waals surface area contributed by atoms with Crippen molar-refractivity contribution in [2.24, 2.45) is 0 Å². The summed E-state index contributed by atoms with van der Waals surface area (Å²) in [5.74, 6) is -1.07. The van der Waals surface area contributed by atoms with E-state index in [0.717, 1.165) is 18.4 Å². The molecule has 0 aliphatic heterocycles. The molecule has 1 rings (SSSR count). The summed E-state index contributed by atoms with van der Waals surface area (Å²) >= 11 is 0. The van der Waals surface area contributed by atoms with Crippen LogP contribution < -0.4 is 4.72 Å². The van der Waals surface area contributed by atoms with Gasteiger partial charge in [0.05, 0.1) is 15.6 Å². The minimum atomic E-state index is -4.13. The Kier molecular flexibility index (Phi) is 4.91. The number of aromatic hydroxyl groups is 1. The predicted octanol–water partition coefficient (Wildman–Crippen LogP) is 0.0118. The summed E-state index contributed by atoms with van der Waals surface area (Å²) in [6, 6.07) is 1.66. The molecular formula is C10H14N2O7S2. The molecule has 2 N–H and O–H groups in total. The molecule has 0 aliphatic rings. The van der Waals surface area contributed by atoms with Crippen LogP contribution in [0.5, 0.6) is 5.75 Å². The molecule has 0 heterocycles. The van der Waals surface area contributed by atoms with E-state index >= 15 is 0 Å². The van der Waals surface area contributed by atoms with Crippen molar-refractivity contribution in [2.45, 2.75) is 17.9 Å². The molecule has 0 saturated heterocycles. The quantitative estimate of drug-likeness (QED) is 0.549. The first kappa shape index (κ1) is 17.3. The zero-order chi connectivity index (χ0) is 16.4. The van der Waals surface area contributed by atoms with Gasteiger partial charge in [-0.15, -0.1) is 0 Å². The van der Waals surface area contributed by atoms with Crippen LogP contribution >= 0.6 is 0 Å². The number of nitro groups is 1. The number of sulfonamides is 1. The fraction of sp³-hybridized carbons (Fsp3) is 0.400. The van der Waals surface area contributed by atoms with E-state index in [0.29, 0.717) is 6.07 Å². The molecule has 0 saturated carbocycles. The van der Waals surface area contributed by atoms with Gasteiger partial charge < -0.3 is 5.11 Å². The maximum absolute atomic E-state index is 12.0. The lowest BCUT2D eigenvalue weighted by molar-refractivity contribution is -0.386. The number of phenols is 1. The number of nitro benzene ring substituents is 1. The van der Waals surface area contributed by atoms with Crippen LogP contribution in [0.1, 0.15) is 6.92 Å². The Bertz CT molecular complexity index is 756. The van der Waals surface area contributed by atoms with Crippen LogP contribution in [-0.4, -0.2) is 44.9 Å². The van der Waals surface area contributed by atoms with Crippen molar-refractivity contribution in [3.8, 4) is 5.75 Å². The van der Waals surface area contributed by atoms with Crippen LogP contribution in [-0.2, 0) is 19.9 Å². The van der Waals surface area contributed by atoms with E-state index in [2.05, 4.69) is 4.72 Å². The Morgan fingerprint density at radius 3 is 2.38 bits per heavy atom. The fourth-order valence-electron chi connectivity index (χ4n) is 1.64. The molecule has 0 aliphatic carbocycles. The SMILES string of the molecule is CC(CS(C)(=O)=O)NS(=O)(=O)c1ccc(O)c([N+](=O)[O-])c1. The van der Waals surface area contributed by atoms with Crippen LogP contribution in [0.2, 0.25) is 0 Å². The zero-order valence-corrected chi connectivity index (χ0v) is 12.8. The van der Waals surface area contributed by atoms with E-state index in [9.17, 15) is 32.1 Å². The van der Waals surface area contributed by atoms with Gasteiger partial charge in [0, 0.05) is 18.4 Å². The van der Waals surface area contributed by atoms with E-state index in [1.807, 2.05) is 0 Å². The van der Waals surface area contributed by atoms with Crippen molar-refractivity contribution in [3.05, 3.63) is 28.3 Å². The summed E-state index contributed by atoms with van der Waals surface area (Å²) in [6.45, 7) is 1.35. The van der Waals surface area contributed by atoms with Gasteiger partial charge in [-0.3, -0.25) is 10.1 Å². The van der Waals surface area contributed by atoms with Gasteiger partial charge in [-0.05, 0) is 19.1 Å². The van der Waals surface area contributed by atoms with E-state index in [4.69, 9.17) is 0 Å². The third-order valence-electron chi connectivity index (χ3n) is 2.36. The van der Waals surface area contributed by atoms with E-state index in [1.54, 1.807) is 0 Å². The predicted molar refractivity (Wildman–Crippen MR) is 74.3 cm³/mol. The summed E-state index contributed by atoms with van der Waals surface area (Å²) in [7, 11) is -7.52. The number of hydrogen-bond acceptors (Lipinski definition) is 7. The van der Waals surface area contributed by atoms with Crippen molar-refractivity contribution < 1.29 is 26.9 Å². The van der Waals surface area contributed by atoms with Gasteiger partial charge in [-0.25, -0.2) is 21.6 Å². The standard InChI is InChI=1S/C10H14N2O7S2/c1-7(6-20(2,16)17)11-21(18,19)8-3-4-10(13)9(5-8)12(14)15/h3-5,7,11,13H,6H2,1-2H3. The van der Waals surface area contributed by atoms with Crippen LogP contribution in [0.15, 0.2) is 23.1 Å². The van der Waals surface area contributed by atoms with Gasteiger partial charge >= 0.3 is 5.69 Å². The molecule has 0 radical (unpaired) electrons. The summed E-state index contributed by atoms with van der Waals surface area (Å²) in [5.41, 5.74) is -0.756. The monoisotopic (exact) mass is 338 g/mol. The van der Waals surface area contributed by atoms with Gasteiger partial charge in [0.15, 0.2) is 5.75 Å². The lowest BCUT2D eigenvalue weighted by atomic mass is 10.3. The maximum atomic E-state index is 12.0. The molecule has 0 bridgehead atoms. The Balaban J connectivity index is 3.09. The highest BCUT2D eigenvalue weighted by atomic mass is 32.2. The van der Waals surface area contributed by atoms with Gasteiger partial charge in [0.2, 0.25) is 10.0 Å². The number of nitrogens with one attached hydrogen (secondary N) is 1. The third kappa shape index (κ3) is 4.95. The zero-order valence-electron chi connectivity index (χ0n) is 11.2. The Morgan fingerprint density at radius 1 is 1.33 bits per heavy atom. The van der Waals surface area contributed by atoms with Crippen molar-refractivity contribution in [1.82, 2.24) is 4.72 Å². The molecule has 0 spiro atoms. The molecule has 1 aromatic carbocycles. The molecular weight excluding hydrogens is 324 g/mol. The molecule has 118 valence electrons. The van der Waals surface area contributed by atoms with E-state index in [1.165, 1.54) is 6.92 Å². The molecule has 11 heteroatoms. The van der Waals surface area contributed by atoms with Gasteiger partial charge in [0.25, 0.3) is 0 Å². The second-order valence-electron chi connectivity index (χ2n) is 4.52. The lowest BCUT2D eigenvalue weighted by Crippen LogP contribution is -2.37. The first-order valence-corrected chi connectivity index (χ1v) is 9.14. The molecule has 0 fully saturated rings. The second kappa shape index (κ2) is 5.95. The van der Waals surface area contributed by atoms with Crippen molar-refractivity contribution in [2.75, 3.05) is 12.0 Å². The van der Waals surface area contributed by atoms with Crippen molar-refractivity contribution in [3.63, 3.8) is 0 Å². The lowest BCUT2D eigenvalue weighted by Gasteiger charge is -2.13. The van der Waals surface area contributed by atoms with Crippen molar-refractivity contribution >= 4 is 25.5 Å². The normalized spacial score (nSPS) is 13.8. The number of phenolic OH excluding ortho intramolecular Hbond substituents is 1. The highest BCUT2D eigenvalue weighted by Gasteiger charge is 2.23.